The molecule has 0 saturated carbocycles. The molecule has 148 valence electrons. The molecule has 4 rings (SSSR count). The van der Waals surface area contributed by atoms with E-state index in [2.05, 4.69) is 20.6 Å². The van der Waals surface area contributed by atoms with Crippen LogP contribution in [0, 0.1) is 0 Å². The molecule has 0 fully saturated rings. The number of aromatic nitrogens is 2. The summed E-state index contributed by atoms with van der Waals surface area (Å²) in [4.78, 5) is 20.9. The van der Waals surface area contributed by atoms with Gasteiger partial charge in [0.15, 0.2) is 5.11 Å². The number of nitrogens with zero attached hydrogens (tertiary/aromatic N) is 2. The predicted octanol–water partition coefficient (Wildman–Crippen LogP) is 5.12. The number of carbonyl (C=O) groups is 1. The summed E-state index contributed by atoms with van der Waals surface area (Å²) >= 11 is 6.64. The fourth-order valence-corrected chi connectivity index (χ4v) is 3.59. The topological polar surface area (TPSA) is 76.1 Å². The molecule has 2 aromatic heterocycles. The van der Waals surface area contributed by atoms with Crippen molar-refractivity contribution in [2.45, 2.75) is 0 Å². The van der Waals surface area contributed by atoms with Crippen LogP contribution in [0.3, 0.4) is 0 Å². The standard InChI is InChI=1S/C22H16N4O2S2/c27-20(19-14-30-21(25-19)15-6-5-11-23-13-15)26-22(29)24-16-7-4-10-18(12-16)28-17-8-2-1-3-9-17/h1-14H,(H2,24,26,27,29). The number of carbonyl (C=O) groups excluding carboxylic acids is 1. The minimum atomic E-state index is -0.379. The largest absolute Gasteiger partial charge is 0.457 e. The lowest BCUT2D eigenvalue weighted by atomic mass is 10.3. The second-order valence-corrected chi connectivity index (χ2v) is 7.40. The number of nitrogens with one attached hydrogen (secondary N) is 2. The molecule has 2 heterocycles. The van der Waals surface area contributed by atoms with E-state index < -0.39 is 0 Å². The van der Waals surface area contributed by atoms with Gasteiger partial charge in [0.1, 0.15) is 22.2 Å². The van der Waals surface area contributed by atoms with Gasteiger partial charge in [0, 0.05) is 35.1 Å². The van der Waals surface area contributed by atoms with Crippen LogP contribution in [-0.2, 0) is 0 Å². The smallest absolute Gasteiger partial charge is 0.276 e. The molecule has 4 aromatic rings. The SMILES string of the molecule is O=C(NC(=S)Nc1cccc(Oc2ccccc2)c1)c1csc(-c2cccnc2)n1. The molecule has 0 aliphatic heterocycles. The van der Waals surface area contributed by atoms with Crippen molar-refractivity contribution < 1.29 is 9.53 Å². The maximum atomic E-state index is 12.5. The van der Waals surface area contributed by atoms with Crippen LogP contribution in [0.15, 0.2) is 84.5 Å². The zero-order valence-electron chi connectivity index (χ0n) is 15.6. The highest BCUT2D eigenvalue weighted by Crippen LogP contribution is 2.24. The van der Waals surface area contributed by atoms with Crippen LogP contribution in [0.4, 0.5) is 5.69 Å². The van der Waals surface area contributed by atoms with Crippen molar-refractivity contribution in [2.24, 2.45) is 0 Å². The first kappa shape index (κ1) is 19.7. The predicted molar refractivity (Wildman–Crippen MR) is 122 cm³/mol. The summed E-state index contributed by atoms with van der Waals surface area (Å²) in [6.07, 6.45) is 3.39. The zero-order chi connectivity index (χ0) is 20.8. The van der Waals surface area contributed by atoms with Crippen molar-refractivity contribution >= 4 is 40.3 Å². The normalized spacial score (nSPS) is 10.3. The highest BCUT2D eigenvalue weighted by atomic mass is 32.1. The molecular weight excluding hydrogens is 416 g/mol. The van der Waals surface area contributed by atoms with Crippen LogP contribution < -0.4 is 15.4 Å². The van der Waals surface area contributed by atoms with E-state index in [-0.39, 0.29) is 11.0 Å². The Bertz CT molecular complexity index is 1160. The van der Waals surface area contributed by atoms with Crippen molar-refractivity contribution in [1.82, 2.24) is 15.3 Å². The van der Waals surface area contributed by atoms with Gasteiger partial charge in [-0.1, -0.05) is 24.3 Å². The van der Waals surface area contributed by atoms with E-state index in [1.165, 1.54) is 11.3 Å². The van der Waals surface area contributed by atoms with Crippen molar-refractivity contribution in [2.75, 3.05) is 5.32 Å². The fourth-order valence-electron chi connectivity index (χ4n) is 2.59. The van der Waals surface area contributed by atoms with Gasteiger partial charge in [0.25, 0.3) is 5.91 Å². The molecular formula is C22H16N4O2S2. The molecule has 0 saturated heterocycles. The fraction of sp³-hybridized carbons (Fsp3) is 0. The highest BCUT2D eigenvalue weighted by molar-refractivity contribution is 7.80. The van der Waals surface area contributed by atoms with Gasteiger partial charge < -0.3 is 10.1 Å². The number of anilines is 1. The minimum absolute atomic E-state index is 0.174. The number of benzene rings is 2. The third-order valence-corrected chi connectivity index (χ3v) is 5.04. The Morgan fingerprint density at radius 1 is 1.00 bits per heavy atom. The summed E-state index contributed by atoms with van der Waals surface area (Å²) in [5.74, 6) is 1.01. The van der Waals surface area contributed by atoms with E-state index in [0.717, 1.165) is 16.3 Å². The van der Waals surface area contributed by atoms with E-state index in [1.54, 1.807) is 23.8 Å². The molecule has 2 N–H and O–H groups in total. The van der Waals surface area contributed by atoms with Crippen LogP contribution in [0.25, 0.3) is 10.6 Å². The Balaban J connectivity index is 1.37. The zero-order valence-corrected chi connectivity index (χ0v) is 17.2. The number of ether oxygens (including phenoxy) is 1. The third-order valence-electron chi connectivity index (χ3n) is 3.94. The summed E-state index contributed by atoms with van der Waals surface area (Å²) in [5.41, 5.74) is 1.85. The summed E-state index contributed by atoms with van der Waals surface area (Å²) in [5, 5.41) is 8.22. The maximum absolute atomic E-state index is 12.5. The minimum Gasteiger partial charge on any atom is -0.457 e. The van der Waals surface area contributed by atoms with Gasteiger partial charge in [-0.2, -0.15) is 0 Å². The monoisotopic (exact) mass is 432 g/mol. The lowest BCUT2D eigenvalue weighted by Crippen LogP contribution is -2.34. The van der Waals surface area contributed by atoms with E-state index in [1.807, 2.05) is 60.7 Å². The first-order valence-corrected chi connectivity index (χ1v) is 10.3. The maximum Gasteiger partial charge on any atom is 0.276 e. The van der Waals surface area contributed by atoms with Gasteiger partial charge in [-0.3, -0.25) is 15.1 Å². The summed E-state index contributed by atoms with van der Waals surface area (Å²) in [7, 11) is 0. The molecule has 0 aliphatic rings. The summed E-state index contributed by atoms with van der Waals surface area (Å²) in [6, 6.07) is 20.5. The van der Waals surface area contributed by atoms with Crippen LogP contribution in [0.5, 0.6) is 11.5 Å². The molecule has 0 atom stereocenters. The number of rotatable bonds is 5. The highest BCUT2D eigenvalue weighted by Gasteiger charge is 2.13. The number of thiazole rings is 1. The average molecular weight is 433 g/mol. The number of para-hydroxylation sites is 1. The molecule has 0 unspecified atom stereocenters. The molecule has 1 amide bonds. The molecule has 0 radical (unpaired) electrons. The van der Waals surface area contributed by atoms with Gasteiger partial charge in [0.2, 0.25) is 0 Å². The number of hydrogen-bond acceptors (Lipinski definition) is 6. The molecule has 30 heavy (non-hydrogen) atoms. The molecule has 0 aliphatic carbocycles. The number of pyridine rings is 1. The Morgan fingerprint density at radius 3 is 2.63 bits per heavy atom. The average Bonchev–Trinajstić information content (AvgIpc) is 3.26. The van der Waals surface area contributed by atoms with Crippen molar-refractivity contribution in [1.29, 1.82) is 0 Å². The molecule has 6 nitrogen and oxygen atoms in total. The number of thiocarbonyl (C=S) groups is 1. The van der Waals surface area contributed by atoms with E-state index in [0.29, 0.717) is 17.1 Å². The van der Waals surface area contributed by atoms with Gasteiger partial charge in [0.05, 0.1) is 0 Å². The molecule has 0 spiro atoms. The third kappa shape index (κ3) is 5.05. The van der Waals surface area contributed by atoms with E-state index in [4.69, 9.17) is 17.0 Å². The van der Waals surface area contributed by atoms with E-state index in [9.17, 15) is 4.79 Å². The van der Waals surface area contributed by atoms with E-state index >= 15 is 0 Å². The van der Waals surface area contributed by atoms with Crippen LogP contribution in [0.1, 0.15) is 10.5 Å². The second-order valence-electron chi connectivity index (χ2n) is 6.13. The Labute approximate surface area is 182 Å². The van der Waals surface area contributed by atoms with Crippen molar-refractivity contribution in [3.63, 3.8) is 0 Å². The lowest BCUT2D eigenvalue weighted by molar-refractivity contribution is 0.0973. The van der Waals surface area contributed by atoms with Gasteiger partial charge in [-0.05, 0) is 48.6 Å². The Kier molecular flexibility index (Phi) is 6.07. The Morgan fingerprint density at radius 2 is 1.83 bits per heavy atom. The summed E-state index contributed by atoms with van der Waals surface area (Å²) in [6.45, 7) is 0. The van der Waals surface area contributed by atoms with Crippen molar-refractivity contribution in [3.8, 4) is 22.1 Å². The van der Waals surface area contributed by atoms with Crippen molar-refractivity contribution in [3.05, 3.63) is 90.2 Å². The lowest BCUT2D eigenvalue weighted by Gasteiger charge is -2.11. The van der Waals surface area contributed by atoms with Gasteiger partial charge >= 0.3 is 0 Å². The van der Waals surface area contributed by atoms with Crippen LogP contribution >= 0.6 is 23.6 Å². The first-order chi connectivity index (χ1) is 14.7. The second kappa shape index (κ2) is 9.25. The number of amides is 1. The molecule has 8 heteroatoms. The van der Waals surface area contributed by atoms with Crippen LogP contribution in [0.2, 0.25) is 0 Å². The molecule has 0 bridgehead atoms. The van der Waals surface area contributed by atoms with Gasteiger partial charge in [-0.15, -0.1) is 11.3 Å². The quantitative estimate of drug-likeness (QED) is 0.426. The Hall–Kier alpha value is -3.62. The summed E-state index contributed by atoms with van der Waals surface area (Å²) < 4.78 is 5.81. The number of hydrogen-bond donors (Lipinski definition) is 2. The molecule has 2 aromatic carbocycles. The van der Waals surface area contributed by atoms with Crippen LogP contribution in [-0.4, -0.2) is 21.0 Å². The van der Waals surface area contributed by atoms with Gasteiger partial charge in [-0.25, -0.2) is 4.98 Å². The first-order valence-electron chi connectivity index (χ1n) is 8.98.